The molecule has 2 unspecified atom stereocenters. The Labute approximate surface area is 269 Å². The van der Waals surface area contributed by atoms with Gasteiger partial charge in [-0.15, -0.1) is 0 Å². The molecule has 0 aliphatic carbocycles. The summed E-state index contributed by atoms with van der Waals surface area (Å²) in [5.41, 5.74) is 1.23. The van der Waals surface area contributed by atoms with E-state index in [0.717, 1.165) is 12.8 Å². The van der Waals surface area contributed by atoms with Gasteiger partial charge in [0.1, 0.15) is 23.6 Å². The Bertz CT molecular complexity index is 1190. The second-order valence-electron chi connectivity index (χ2n) is 13.2. The lowest BCUT2D eigenvalue weighted by Crippen LogP contribution is -2.53. The summed E-state index contributed by atoms with van der Waals surface area (Å²) in [6, 6.07) is 12.6. The maximum atomic E-state index is 13.5. The second-order valence-corrected chi connectivity index (χ2v) is 13.2. The van der Waals surface area contributed by atoms with Gasteiger partial charge in [-0.1, -0.05) is 40.5 Å². The molecular weight excluding hydrogens is 568 g/mol. The summed E-state index contributed by atoms with van der Waals surface area (Å²) >= 11 is 0. The number of amides is 4. The van der Waals surface area contributed by atoms with Gasteiger partial charge in [0.15, 0.2) is 0 Å². The van der Waals surface area contributed by atoms with Crippen molar-refractivity contribution in [1.29, 1.82) is 0 Å². The number of hydrogen-bond donors (Lipinski definition) is 2. The molecular formula is C36H52N4O5. The summed E-state index contributed by atoms with van der Waals surface area (Å²) < 4.78 is 6.00. The molecule has 0 saturated carbocycles. The largest absolute Gasteiger partial charge is 0.457 e. The topological polar surface area (TPSA) is 108 Å². The zero-order valence-electron chi connectivity index (χ0n) is 28.3. The SMILES string of the molecule is CC(C)C1C(=O)Nc2ccc(cc2)Oc2ccc(cc2)NC(=O)C(C(C)C)N(C(C)C)C(=O)CCCCCCC(=O)N1C(C)C. The van der Waals surface area contributed by atoms with E-state index in [0.29, 0.717) is 48.6 Å². The summed E-state index contributed by atoms with van der Waals surface area (Å²) in [5, 5.41) is 5.98. The lowest BCUT2D eigenvalue weighted by molar-refractivity contribution is -0.142. The first-order valence-corrected chi connectivity index (χ1v) is 16.4. The minimum Gasteiger partial charge on any atom is -0.457 e. The Morgan fingerprint density at radius 1 is 0.556 bits per heavy atom. The molecule has 0 aromatic heterocycles. The van der Waals surface area contributed by atoms with Crippen LogP contribution in [0, 0.1) is 11.8 Å². The average molecular weight is 621 g/mol. The summed E-state index contributed by atoms with van der Waals surface area (Å²) in [6.07, 6.45) is 3.61. The highest BCUT2D eigenvalue weighted by molar-refractivity contribution is 5.98. The van der Waals surface area contributed by atoms with E-state index < -0.39 is 12.1 Å². The van der Waals surface area contributed by atoms with E-state index in [-0.39, 0.29) is 47.5 Å². The monoisotopic (exact) mass is 620 g/mol. The van der Waals surface area contributed by atoms with Crippen LogP contribution < -0.4 is 15.4 Å². The highest BCUT2D eigenvalue weighted by Gasteiger charge is 2.35. The molecule has 2 N–H and O–H groups in total. The predicted octanol–water partition coefficient (Wildman–Crippen LogP) is 7.23. The van der Waals surface area contributed by atoms with Crippen molar-refractivity contribution in [3.8, 4) is 11.5 Å². The van der Waals surface area contributed by atoms with Gasteiger partial charge in [-0.3, -0.25) is 19.2 Å². The van der Waals surface area contributed by atoms with Crippen molar-refractivity contribution in [1.82, 2.24) is 9.80 Å². The zero-order valence-corrected chi connectivity index (χ0v) is 28.3. The molecule has 5 rings (SSSR count). The number of nitrogens with zero attached hydrogens (tertiary/aromatic N) is 2. The molecule has 2 aromatic carbocycles. The van der Waals surface area contributed by atoms with Crippen LogP contribution in [0.15, 0.2) is 48.5 Å². The van der Waals surface area contributed by atoms with E-state index in [1.165, 1.54) is 0 Å². The van der Waals surface area contributed by atoms with Crippen molar-refractivity contribution in [3.63, 3.8) is 0 Å². The highest BCUT2D eigenvalue weighted by Crippen LogP contribution is 2.27. The summed E-state index contributed by atoms with van der Waals surface area (Å²) in [6.45, 7) is 15.6. The molecule has 0 fully saturated rings. The molecule has 4 amide bonds. The van der Waals surface area contributed by atoms with E-state index in [9.17, 15) is 19.2 Å². The second kappa shape index (κ2) is 16.4. The fourth-order valence-electron chi connectivity index (χ4n) is 5.97. The van der Waals surface area contributed by atoms with Crippen molar-refractivity contribution >= 4 is 35.0 Å². The molecule has 9 heteroatoms. The van der Waals surface area contributed by atoms with Gasteiger partial charge >= 0.3 is 0 Å². The molecule has 246 valence electrons. The Hall–Kier alpha value is -3.88. The maximum absolute atomic E-state index is 13.5. The van der Waals surface area contributed by atoms with Gasteiger partial charge in [0, 0.05) is 36.3 Å². The van der Waals surface area contributed by atoms with Gasteiger partial charge in [-0.25, -0.2) is 0 Å². The lowest BCUT2D eigenvalue weighted by Gasteiger charge is -2.37. The Morgan fingerprint density at radius 2 is 0.889 bits per heavy atom. The molecule has 2 atom stereocenters. The van der Waals surface area contributed by atoms with Crippen molar-refractivity contribution in [3.05, 3.63) is 48.5 Å². The normalized spacial score (nSPS) is 20.0. The van der Waals surface area contributed by atoms with Crippen LogP contribution >= 0.6 is 0 Å². The molecule has 2 aromatic rings. The fraction of sp³-hybridized carbons (Fsp3) is 0.556. The van der Waals surface area contributed by atoms with Crippen LogP contribution in [0.4, 0.5) is 11.4 Å². The quantitative estimate of drug-likeness (QED) is 0.375. The number of benzene rings is 2. The molecule has 0 saturated heterocycles. The standard InChI is InChI=1S/C36H52N4O5/c1-23(2)33-35(43)37-27-15-19-29(20-16-27)45-30-21-17-28(18-22-30)38-36(44)34(24(3)4)40(26(7)8)32(42)14-12-10-9-11-13-31(41)39(33)25(5)6/h15-26,33-34H,9-14H2,1-8H3,(H,37,43)(H,38,44). The Morgan fingerprint density at radius 3 is 1.18 bits per heavy atom. The summed E-state index contributed by atoms with van der Waals surface area (Å²) in [4.78, 5) is 57.4. The molecule has 3 heterocycles. The van der Waals surface area contributed by atoms with Crippen LogP contribution in [-0.4, -0.2) is 57.6 Å². The highest BCUT2D eigenvalue weighted by atomic mass is 16.5. The van der Waals surface area contributed by atoms with E-state index >= 15 is 0 Å². The number of hydrogen-bond acceptors (Lipinski definition) is 5. The third-order valence-electron chi connectivity index (χ3n) is 8.10. The molecule has 9 nitrogen and oxygen atoms in total. The molecule has 0 radical (unpaired) electrons. The Kier molecular flexibility index (Phi) is 13.0. The van der Waals surface area contributed by atoms with Crippen LogP contribution in [0.1, 0.15) is 93.9 Å². The number of rotatable bonds is 4. The third-order valence-corrected chi connectivity index (χ3v) is 8.10. The number of anilines is 2. The number of nitrogens with one attached hydrogen (secondary N) is 2. The zero-order chi connectivity index (χ0) is 33.3. The first-order valence-electron chi connectivity index (χ1n) is 16.4. The maximum Gasteiger partial charge on any atom is 0.247 e. The first-order chi connectivity index (χ1) is 21.3. The predicted molar refractivity (Wildman–Crippen MR) is 179 cm³/mol. The van der Waals surface area contributed by atoms with Gasteiger partial charge in [0.25, 0.3) is 0 Å². The van der Waals surface area contributed by atoms with Crippen molar-refractivity contribution in [2.45, 2.75) is 118 Å². The average Bonchev–Trinajstić information content (AvgIpc) is 2.96. The summed E-state index contributed by atoms with van der Waals surface area (Å²) in [5.74, 6) is 0.444. The van der Waals surface area contributed by atoms with Gasteiger partial charge in [-0.05, 0) is 101 Å². The molecule has 0 spiro atoms. The minimum atomic E-state index is -0.619. The van der Waals surface area contributed by atoms with Gasteiger partial charge in [0.05, 0.1) is 0 Å². The number of ether oxygens (including phenoxy) is 1. The number of carbonyl (C=O) groups excluding carboxylic acids is 4. The summed E-state index contributed by atoms with van der Waals surface area (Å²) in [7, 11) is 0. The van der Waals surface area contributed by atoms with Crippen LogP contribution in [0.25, 0.3) is 0 Å². The van der Waals surface area contributed by atoms with Crippen LogP contribution in [0.5, 0.6) is 11.5 Å². The first kappa shape index (κ1) is 35.6. The lowest BCUT2D eigenvalue weighted by atomic mass is 9.98. The van der Waals surface area contributed by atoms with Crippen molar-refractivity contribution < 1.29 is 23.9 Å². The molecule has 3 aliphatic heterocycles. The Balaban J connectivity index is 1.90. The van der Waals surface area contributed by atoms with Crippen LogP contribution in [0.2, 0.25) is 0 Å². The van der Waals surface area contributed by atoms with E-state index in [4.69, 9.17) is 4.74 Å². The van der Waals surface area contributed by atoms with Gasteiger partial charge in [0.2, 0.25) is 23.6 Å². The number of carbonyl (C=O) groups is 4. The fourth-order valence-corrected chi connectivity index (χ4v) is 5.97. The number of fused-ring (bicyclic) bond motifs is 2. The minimum absolute atomic E-state index is 0.0492. The van der Waals surface area contributed by atoms with Gasteiger partial charge in [-0.2, -0.15) is 0 Å². The van der Waals surface area contributed by atoms with E-state index in [1.54, 1.807) is 58.3 Å². The van der Waals surface area contributed by atoms with E-state index in [2.05, 4.69) is 10.6 Å². The molecule has 45 heavy (non-hydrogen) atoms. The van der Waals surface area contributed by atoms with Crippen LogP contribution in [-0.2, 0) is 19.2 Å². The van der Waals surface area contributed by atoms with Crippen molar-refractivity contribution in [2.75, 3.05) is 10.6 Å². The smallest absolute Gasteiger partial charge is 0.247 e. The van der Waals surface area contributed by atoms with Crippen molar-refractivity contribution in [2.24, 2.45) is 11.8 Å². The van der Waals surface area contributed by atoms with E-state index in [1.807, 2.05) is 55.4 Å². The third kappa shape index (κ3) is 9.80. The van der Waals surface area contributed by atoms with Gasteiger partial charge < -0.3 is 25.2 Å². The van der Waals surface area contributed by atoms with Crippen LogP contribution in [0.3, 0.4) is 0 Å². The molecule has 4 bridgehead atoms. The molecule has 3 aliphatic rings.